The minimum atomic E-state index is -0.157. The topological polar surface area (TPSA) is 24.5 Å². The summed E-state index contributed by atoms with van der Waals surface area (Å²) in [6, 6.07) is 6.29. The summed E-state index contributed by atoms with van der Waals surface area (Å²) >= 11 is 0. The Hall–Kier alpha value is -1.13. The molecule has 1 N–H and O–H groups in total. The molecule has 3 nitrogen and oxygen atoms in total. The van der Waals surface area contributed by atoms with Crippen LogP contribution in [0, 0.1) is 11.7 Å². The van der Waals surface area contributed by atoms with Gasteiger partial charge in [0.05, 0.1) is 7.11 Å². The number of hydrogen-bond donors (Lipinski definition) is 1. The molecular weight excluding hydrogens is 267 g/mol. The van der Waals surface area contributed by atoms with Crippen LogP contribution in [-0.2, 0) is 6.54 Å². The first-order valence-corrected chi connectivity index (χ1v) is 8.01. The zero-order valence-corrected chi connectivity index (χ0v) is 12.9. The van der Waals surface area contributed by atoms with Gasteiger partial charge in [0, 0.05) is 43.3 Å². The van der Waals surface area contributed by atoms with Gasteiger partial charge >= 0.3 is 0 Å². The van der Waals surface area contributed by atoms with Gasteiger partial charge in [-0.3, -0.25) is 4.90 Å². The van der Waals surface area contributed by atoms with Gasteiger partial charge in [-0.1, -0.05) is 13.0 Å². The second-order valence-electron chi connectivity index (χ2n) is 6.30. The van der Waals surface area contributed by atoms with Crippen LogP contribution in [-0.4, -0.2) is 37.2 Å². The number of nitrogens with zero attached hydrogens (tertiary/aromatic N) is 1. The molecule has 0 amide bonds. The predicted octanol–water partition coefficient (Wildman–Crippen LogP) is 2.80. The van der Waals surface area contributed by atoms with Gasteiger partial charge in [0.25, 0.3) is 0 Å². The van der Waals surface area contributed by atoms with Crippen LogP contribution in [0.25, 0.3) is 0 Å². The molecule has 1 saturated heterocycles. The average molecular weight is 292 g/mol. The summed E-state index contributed by atoms with van der Waals surface area (Å²) in [7, 11) is 1.57. The summed E-state index contributed by atoms with van der Waals surface area (Å²) < 4.78 is 19.3. The highest BCUT2D eigenvalue weighted by atomic mass is 19.1. The Kier molecular flexibility index (Phi) is 4.45. The van der Waals surface area contributed by atoms with Crippen LogP contribution in [0.5, 0.6) is 5.75 Å². The molecule has 1 heterocycles. The highest BCUT2D eigenvalue weighted by Gasteiger charge is 2.38. The van der Waals surface area contributed by atoms with Crippen LogP contribution >= 0.6 is 0 Å². The van der Waals surface area contributed by atoms with Crippen LogP contribution in [0.4, 0.5) is 4.39 Å². The van der Waals surface area contributed by atoms with E-state index in [4.69, 9.17) is 4.74 Å². The maximum absolute atomic E-state index is 14.2. The third-order valence-corrected chi connectivity index (χ3v) is 4.83. The van der Waals surface area contributed by atoms with Crippen molar-refractivity contribution in [3.63, 3.8) is 0 Å². The van der Waals surface area contributed by atoms with Crippen molar-refractivity contribution < 1.29 is 9.13 Å². The fraction of sp³-hybridized carbons (Fsp3) is 0.647. The molecule has 2 unspecified atom stereocenters. The van der Waals surface area contributed by atoms with Crippen LogP contribution in [0.3, 0.4) is 0 Å². The lowest BCUT2D eigenvalue weighted by Gasteiger charge is -2.40. The van der Waals surface area contributed by atoms with Crippen molar-refractivity contribution >= 4 is 0 Å². The van der Waals surface area contributed by atoms with Crippen LogP contribution < -0.4 is 10.1 Å². The first-order valence-electron chi connectivity index (χ1n) is 8.01. The van der Waals surface area contributed by atoms with Crippen LogP contribution in [0.2, 0.25) is 0 Å². The van der Waals surface area contributed by atoms with E-state index in [1.165, 1.54) is 18.9 Å². The molecule has 0 aromatic heterocycles. The molecule has 116 valence electrons. The van der Waals surface area contributed by atoms with Crippen molar-refractivity contribution in [1.29, 1.82) is 0 Å². The van der Waals surface area contributed by atoms with Crippen molar-refractivity contribution in [1.82, 2.24) is 10.2 Å². The monoisotopic (exact) mass is 292 g/mol. The van der Waals surface area contributed by atoms with Gasteiger partial charge in [0.15, 0.2) is 0 Å². The molecule has 1 aliphatic heterocycles. The number of rotatable bonds is 5. The standard InChI is InChI=1S/C17H25FN2O/c1-3-14-11-20(17(9-19-14)12-4-5-12)10-13-6-7-15(21-2)8-16(13)18/h6-8,12,14,17,19H,3-5,9-11H2,1-2H3. The Morgan fingerprint density at radius 1 is 1.38 bits per heavy atom. The lowest BCUT2D eigenvalue weighted by molar-refractivity contribution is 0.104. The van der Waals surface area contributed by atoms with E-state index in [0.29, 0.717) is 24.4 Å². The van der Waals surface area contributed by atoms with E-state index >= 15 is 0 Å². The van der Waals surface area contributed by atoms with Gasteiger partial charge in [-0.05, 0) is 31.2 Å². The first-order chi connectivity index (χ1) is 10.2. The van der Waals surface area contributed by atoms with Gasteiger partial charge in [-0.25, -0.2) is 4.39 Å². The molecule has 3 rings (SSSR count). The normalized spacial score (nSPS) is 26.8. The molecule has 1 aromatic carbocycles. The maximum atomic E-state index is 14.2. The Labute approximate surface area is 126 Å². The molecule has 2 atom stereocenters. The smallest absolute Gasteiger partial charge is 0.131 e. The molecule has 1 aromatic rings. The van der Waals surface area contributed by atoms with E-state index in [0.717, 1.165) is 31.0 Å². The van der Waals surface area contributed by atoms with E-state index in [2.05, 4.69) is 17.1 Å². The quantitative estimate of drug-likeness (QED) is 0.903. The number of ether oxygens (including phenoxy) is 1. The Bertz CT molecular complexity index is 490. The number of piperazine rings is 1. The van der Waals surface area contributed by atoms with Gasteiger partial charge in [0.1, 0.15) is 11.6 Å². The van der Waals surface area contributed by atoms with E-state index in [9.17, 15) is 4.39 Å². The van der Waals surface area contributed by atoms with Gasteiger partial charge in [-0.15, -0.1) is 0 Å². The Morgan fingerprint density at radius 3 is 2.81 bits per heavy atom. The highest BCUT2D eigenvalue weighted by Crippen LogP contribution is 2.37. The zero-order valence-electron chi connectivity index (χ0n) is 12.9. The number of benzene rings is 1. The minimum Gasteiger partial charge on any atom is -0.497 e. The van der Waals surface area contributed by atoms with Crippen LogP contribution in [0.1, 0.15) is 31.7 Å². The molecule has 0 bridgehead atoms. The molecule has 2 fully saturated rings. The van der Waals surface area contributed by atoms with Gasteiger partial charge < -0.3 is 10.1 Å². The molecule has 4 heteroatoms. The molecule has 1 aliphatic carbocycles. The fourth-order valence-corrected chi connectivity index (χ4v) is 3.30. The second kappa shape index (κ2) is 6.32. The maximum Gasteiger partial charge on any atom is 0.131 e. The zero-order chi connectivity index (χ0) is 14.8. The molecule has 2 aliphatic rings. The van der Waals surface area contributed by atoms with Gasteiger partial charge in [0.2, 0.25) is 0 Å². The second-order valence-corrected chi connectivity index (χ2v) is 6.30. The number of halogens is 1. The molecule has 0 spiro atoms. The van der Waals surface area contributed by atoms with E-state index in [1.54, 1.807) is 7.11 Å². The molecular formula is C17H25FN2O. The van der Waals surface area contributed by atoms with Gasteiger partial charge in [-0.2, -0.15) is 0 Å². The lowest BCUT2D eigenvalue weighted by atomic mass is 10.0. The molecule has 21 heavy (non-hydrogen) atoms. The first kappa shape index (κ1) is 14.8. The third-order valence-electron chi connectivity index (χ3n) is 4.83. The van der Waals surface area contributed by atoms with Crippen molar-refractivity contribution in [2.24, 2.45) is 5.92 Å². The fourth-order valence-electron chi connectivity index (χ4n) is 3.30. The highest BCUT2D eigenvalue weighted by molar-refractivity contribution is 5.29. The Balaban J connectivity index is 1.73. The minimum absolute atomic E-state index is 0.157. The third kappa shape index (κ3) is 3.38. The number of methoxy groups -OCH3 is 1. The average Bonchev–Trinajstić information content (AvgIpc) is 3.33. The van der Waals surface area contributed by atoms with Crippen molar-refractivity contribution in [3.8, 4) is 5.75 Å². The number of hydrogen-bond acceptors (Lipinski definition) is 3. The lowest BCUT2D eigenvalue weighted by Crippen LogP contribution is -2.56. The van der Waals surface area contributed by atoms with Crippen LogP contribution in [0.15, 0.2) is 18.2 Å². The van der Waals surface area contributed by atoms with E-state index in [1.807, 2.05) is 12.1 Å². The molecule has 1 saturated carbocycles. The SMILES string of the molecule is CCC1CN(Cc2ccc(OC)cc2F)C(C2CC2)CN1. The summed E-state index contributed by atoms with van der Waals surface area (Å²) in [6.07, 6.45) is 3.77. The van der Waals surface area contributed by atoms with E-state index in [-0.39, 0.29) is 5.82 Å². The largest absolute Gasteiger partial charge is 0.497 e. The summed E-state index contributed by atoms with van der Waals surface area (Å²) in [5, 5.41) is 3.63. The van der Waals surface area contributed by atoms with E-state index < -0.39 is 0 Å². The summed E-state index contributed by atoms with van der Waals surface area (Å²) in [5.74, 6) is 1.23. The summed E-state index contributed by atoms with van der Waals surface area (Å²) in [6.45, 7) is 4.97. The van der Waals surface area contributed by atoms with Crippen molar-refractivity contribution in [2.75, 3.05) is 20.2 Å². The Morgan fingerprint density at radius 2 is 2.19 bits per heavy atom. The predicted molar refractivity (Wildman–Crippen MR) is 82.0 cm³/mol. The van der Waals surface area contributed by atoms with Crippen molar-refractivity contribution in [3.05, 3.63) is 29.6 Å². The van der Waals surface area contributed by atoms with Crippen molar-refractivity contribution in [2.45, 2.75) is 44.8 Å². The molecule has 0 radical (unpaired) electrons. The number of nitrogens with one attached hydrogen (secondary N) is 1. The summed E-state index contributed by atoms with van der Waals surface area (Å²) in [4.78, 5) is 2.48. The summed E-state index contributed by atoms with van der Waals surface area (Å²) in [5.41, 5.74) is 0.776.